The first-order valence-corrected chi connectivity index (χ1v) is 5.56. The molecule has 0 fully saturated rings. The number of rotatable bonds is 3. The van der Waals surface area contributed by atoms with Gasteiger partial charge in [0.05, 0.1) is 4.92 Å². The predicted octanol–water partition coefficient (Wildman–Crippen LogP) is 2.44. The second-order valence-electron chi connectivity index (χ2n) is 4.12. The molecule has 0 unspecified atom stereocenters. The monoisotopic (exact) mass is 263 g/mol. The van der Waals surface area contributed by atoms with Gasteiger partial charge in [0.2, 0.25) is 0 Å². The summed E-state index contributed by atoms with van der Waals surface area (Å²) in [6.45, 7) is 3.21. The SMILES string of the molecule is Cc1nn(C)c(Oc2cccc(O)c2C)c1[N+](=O)[O-]. The lowest BCUT2D eigenvalue weighted by Crippen LogP contribution is -1.98. The molecule has 0 amide bonds. The van der Waals surface area contributed by atoms with E-state index in [1.165, 1.54) is 10.7 Å². The third kappa shape index (κ3) is 2.22. The minimum atomic E-state index is -0.532. The third-order valence-corrected chi connectivity index (χ3v) is 2.78. The minimum Gasteiger partial charge on any atom is -0.508 e. The van der Waals surface area contributed by atoms with E-state index in [1.54, 1.807) is 33.0 Å². The Bertz CT molecular complexity index is 649. The van der Waals surface area contributed by atoms with Crippen molar-refractivity contribution in [2.24, 2.45) is 7.05 Å². The van der Waals surface area contributed by atoms with Gasteiger partial charge in [-0.2, -0.15) is 5.10 Å². The van der Waals surface area contributed by atoms with Crippen molar-refractivity contribution in [1.82, 2.24) is 9.78 Å². The van der Waals surface area contributed by atoms with E-state index in [0.717, 1.165) is 0 Å². The van der Waals surface area contributed by atoms with Crippen molar-refractivity contribution in [2.45, 2.75) is 13.8 Å². The van der Waals surface area contributed by atoms with Gasteiger partial charge in [0, 0.05) is 12.6 Å². The first-order valence-electron chi connectivity index (χ1n) is 5.56. The molecule has 2 rings (SSSR count). The molecule has 0 radical (unpaired) electrons. The fourth-order valence-corrected chi connectivity index (χ4v) is 1.77. The lowest BCUT2D eigenvalue weighted by atomic mass is 10.2. The molecule has 0 saturated heterocycles. The molecule has 7 heteroatoms. The Hall–Kier alpha value is -2.57. The zero-order valence-corrected chi connectivity index (χ0v) is 10.7. The molecule has 1 heterocycles. The number of nitro groups is 1. The summed E-state index contributed by atoms with van der Waals surface area (Å²) in [5.41, 5.74) is 0.612. The fraction of sp³-hybridized carbons (Fsp3) is 0.250. The highest BCUT2D eigenvalue weighted by Gasteiger charge is 2.26. The molecule has 19 heavy (non-hydrogen) atoms. The van der Waals surface area contributed by atoms with E-state index in [1.807, 2.05) is 0 Å². The van der Waals surface area contributed by atoms with Gasteiger partial charge in [0.15, 0.2) is 0 Å². The van der Waals surface area contributed by atoms with Gasteiger partial charge in [-0.3, -0.25) is 10.1 Å². The molecule has 0 bridgehead atoms. The average molecular weight is 263 g/mol. The van der Waals surface area contributed by atoms with Crippen molar-refractivity contribution in [3.8, 4) is 17.4 Å². The standard InChI is InChI=1S/C12H13N3O4/c1-7-9(16)5-4-6-10(7)19-12-11(15(17)18)8(2)13-14(12)3/h4-6,16H,1-3H3. The molecular formula is C12H13N3O4. The van der Waals surface area contributed by atoms with E-state index in [0.29, 0.717) is 11.3 Å². The van der Waals surface area contributed by atoms with Crippen LogP contribution in [-0.4, -0.2) is 19.8 Å². The molecule has 2 aromatic rings. The number of aryl methyl sites for hydroxylation is 2. The van der Waals surface area contributed by atoms with Crippen LogP contribution in [0.5, 0.6) is 17.4 Å². The van der Waals surface area contributed by atoms with Crippen molar-refractivity contribution < 1.29 is 14.8 Å². The number of ether oxygens (including phenoxy) is 1. The van der Waals surface area contributed by atoms with E-state index in [9.17, 15) is 15.2 Å². The Kier molecular flexibility index (Phi) is 3.12. The molecule has 0 atom stereocenters. The second kappa shape index (κ2) is 4.60. The van der Waals surface area contributed by atoms with Crippen molar-refractivity contribution in [1.29, 1.82) is 0 Å². The van der Waals surface area contributed by atoms with Crippen LogP contribution in [0, 0.1) is 24.0 Å². The van der Waals surface area contributed by atoms with E-state index >= 15 is 0 Å². The topological polar surface area (TPSA) is 90.4 Å². The second-order valence-corrected chi connectivity index (χ2v) is 4.12. The Balaban J connectivity index is 2.49. The van der Waals surface area contributed by atoms with E-state index < -0.39 is 4.92 Å². The van der Waals surface area contributed by atoms with Crippen LogP contribution in [-0.2, 0) is 7.05 Å². The van der Waals surface area contributed by atoms with Crippen molar-refractivity contribution in [3.63, 3.8) is 0 Å². The maximum Gasteiger partial charge on any atom is 0.353 e. The predicted molar refractivity (Wildman–Crippen MR) is 67.5 cm³/mol. The van der Waals surface area contributed by atoms with E-state index in [-0.39, 0.29) is 23.0 Å². The first kappa shape index (κ1) is 12.9. The number of phenolic OH excluding ortho intramolecular Hbond substituents is 1. The van der Waals surface area contributed by atoms with Gasteiger partial charge in [-0.25, -0.2) is 4.68 Å². The Morgan fingerprint density at radius 3 is 2.74 bits per heavy atom. The number of hydrogen-bond donors (Lipinski definition) is 1. The highest BCUT2D eigenvalue weighted by molar-refractivity contribution is 5.50. The van der Waals surface area contributed by atoms with Gasteiger partial charge in [0.25, 0.3) is 5.88 Å². The molecule has 0 aliphatic carbocycles. The minimum absolute atomic E-state index is 0.0381. The zero-order valence-electron chi connectivity index (χ0n) is 10.7. The van der Waals surface area contributed by atoms with Crippen LogP contribution in [0.1, 0.15) is 11.3 Å². The summed E-state index contributed by atoms with van der Waals surface area (Å²) in [6.07, 6.45) is 0. The molecule has 1 aromatic heterocycles. The third-order valence-electron chi connectivity index (χ3n) is 2.78. The molecule has 0 spiro atoms. The van der Waals surface area contributed by atoms with Crippen LogP contribution < -0.4 is 4.74 Å². The molecule has 0 saturated carbocycles. The molecule has 0 aliphatic heterocycles. The lowest BCUT2D eigenvalue weighted by Gasteiger charge is -2.08. The summed E-state index contributed by atoms with van der Waals surface area (Å²) >= 11 is 0. The van der Waals surface area contributed by atoms with E-state index in [2.05, 4.69) is 5.10 Å². The highest BCUT2D eigenvalue weighted by atomic mass is 16.6. The van der Waals surface area contributed by atoms with Gasteiger partial charge in [-0.1, -0.05) is 6.07 Å². The van der Waals surface area contributed by atoms with Crippen LogP contribution in [0.15, 0.2) is 18.2 Å². The summed E-state index contributed by atoms with van der Waals surface area (Å²) in [5.74, 6) is 0.460. The van der Waals surface area contributed by atoms with Gasteiger partial charge in [0.1, 0.15) is 17.2 Å². The Morgan fingerprint density at radius 2 is 2.11 bits per heavy atom. The molecular weight excluding hydrogens is 250 g/mol. The summed E-state index contributed by atoms with van der Waals surface area (Å²) in [6, 6.07) is 4.75. The van der Waals surface area contributed by atoms with Crippen LogP contribution in [0.4, 0.5) is 5.69 Å². The maximum atomic E-state index is 11.0. The summed E-state index contributed by atoms with van der Waals surface area (Å²) < 4.78 is 6.84. The normalized spacial score (nSPS) is 10.5. The average Bonchev–Trinajstić information content (AvgIpc) is 2.60. The van der Waals surface area contributed by atoms with E-state index in [4.69, 9.17) is 4.74 Å². The summed E-state index contributed by atoms with van der Waals surface area (Å²) in [7, 11) is 1.56. The van der Waals surface area contributed by atoms with Gasteiger partial charge in [-0.15, -0.1) is 0 Å². The van der Waals surface area contributed by atoms with Gasteiger partial charge >= 0.3 is 5.69 Å². The Labute approximate surface area is 109 Å². The fourth-order valence-electron chi connectivity index (χ4n) is 1.77. The molecule has 1 aromatic carbocycles. The molecule has 0 aliphatic rings. The van der Waals surface area contributed by atoms with Gasteiger partial charge < -0.3 is 9.84 Å². The highest BCUT2D eigenvalue weighted by Crippen LogP contribution is 2.36. The van der Waals surface area contributed by atoms with Crippen LogP contribution in [0.25, 0.3) is 0 Å². The number of hydrogen-bond acceptors (Lipinski definition) is 5. The maximum absolute atomic E-state index is 11.0. The number of aromatic nitrogens is 2. The van der Waals surface area contributed by atoms with Crippen molar-refractivity contribution >= 4 is 5.69 Å². The van der Waals surface area contributed by atoms with Crippen molar-refractivity contribution in [2.75, 3.05) is 0 Å². The summed E-state index contributed by atoms with van der Waals surface area (Å²) in [5, 5.41) is 24.6. The number of benzene rings is 1. The van der Waals surface area contributed by atoms with Crippen LogP contribution >= 0.6 is 0 Å². The van der Waals surface area contributed by atoms with Crippen LogP contribution in [0.2, 0.25) is 0 Å². The molecule has 7 nitrogen and oxygen atoms in total. The largest absolute Gasteiger partial charge is 0.508 e. The number of nitrogens with zero attached hydrogens (tertiary/aromatic N) is 3. The quantitative estimate of drug-likeness (QED) is 0.678. The molecule has 1 N–H and O–H groups in total. The van der Waals surface area contributed by atoms with Crippen molar-refractivity contribution in [3.05, 3.63) is 39.6 Å². The zero-order chi connectivity index (χ0) is 14.2. The number of aromatic hydroxyl groups is 1. The number of phenols is 1. The first-order chi connectivity index (χ1) is 8.91. The summed E-state index contributed by atoms with van der Waals surface area (Å²) in [4.78, 5) is 10.5. The Morgan fingerprint density at radius 1 is 1.42 bits per heavy atom. The van der Waals surface area contributed by atoms with Gasteiger partial charge in [-0.05, 0) is 26.0 Å². The smallest absolute Gasteiger partial charge is 0.353 e. The lowest BCUT2D eigenvalue weighted by molar-refractivity contribution is -0.386. The molecule has 100 valence electrons. The van der Waals surface area contributed by atoms with Crippen LogP contribution in [0.3, 0.4) is 0 Å².